The van der Waals surface area contributed by atoms with E-state index in [-0.39, 0.29) is 18.6 Å². The lowest BCUT2D eigenvalue weighted by molar-refractivity contribution is -0.166. The lowest BCUT2D eigenvalue weighted by atomic mass is 9.75. The lowest BCUT2D eigenvalue weighted by Gasteiger charge is -2.36. The molecular formula is C23H33NO5. The van der Waals surface area contributed by atoms with Crippen LogP contribution in [0.3, 0.4) is 0 Å². The summed E-state index contributed by atoms with van der Waals surface area (Å²) in [5.41, 5.74) is 2.57. The van der Waals surface area contributed by atoms with Crippen molar-refractivity contribution >= 4 is 17.8 Å². The zero-order valence-corrected chi connectivity index (χ0v) is 18.1. The summed E-state index contributed by atoms with van der Waals surface area (Å²) in [7, 11) is 0. The Balaban J connectivity index is 1.75. The second-order valence-corrected chi connectivity index (χ2v) is 8.50. The molecule has 1 aliphatic carbocycles. The van der Waals surface area contributed by atoms with Crippen molar-refractivity contribution in [2.24, 2.45) is 17.8 Å². The highest BCUT2D eigenvalue weighted by atomic mass is 16.6. The van der Waals surface area contributed by atoms with E-state index in [1.165, 1.54) is 0 Å². The molecule has 0 saturated heterocycles. The van der Waals surface area contributed by atoms with Crippen molar-refractivity contribution in [1.29, 1.82) is 0 Å². The molecular weight excluding hydrogens is 370 g/mol. The highest BCUT2D eigenvalue weighted by Gasteiger charge is 2.33. The number of amides is 1. The predicted molar refractivity (Wildman–Crippen MR) is 110 cm³/mol. The van der Waals surface area contributed by atoms with Crippen molar-refractivity contribution in [3.8, 4) is 0 Å². The van der Waals surface area contributed by atoms with Crippen LogP contribution < -0.4 is 5.32 Å². The van der Waals surface area contributed by atoms with Gasteiger partial charge in [-0.2, -0.15) is 0 Å². The first kappa shape index (κ1) is 22.9. The van der Waals surface area contributed by atoms with Crippen LogP contribution in [-0.4, -0.2) is 37.1 Å². The first-order valence-electron chi connectivity index (χ1n) is 10.4. The fourth-order valence-corrected chi connectivity index (χ4v) is 3.78. The fraction of sp³-hybridized carbons (Fsp3) is 0.609. The third-order valence-electron chi connectivity index (χ3n) is 5.76. The zero-order valence-electron chi connectivity index (χ0n) is 18.1. The number of carbonyl (C=O) groups excluding carboxylic acids is 3. The maximum atomic E-state index is 12.1. The van der Waals surface area contributed by atoms with Crippen molar-refractivity contribution < 1.29 is 23.9 Å². The van der Waals surface area contributed by atoms with Crippen molar-refractivity contribution in [1.82, 2.24) is 5.32 Å². The molecule has 1 N–H and O–H groups in total. The Hall–Kier alpha value is -2.37. The zero-order chi connectivity index (χ0) is 21.6. The van der Waals surface area contributed by atoms with Gasteiger partial charge < -0.3 is 14.8 Å². The standard InChI is InChI=1S/C23H33NO5/c1-14(2)19-9-6-15(3)10-20(19)29-22(26)13-28-21(25)12-24-23(27)18-8-7-16(4)17(5)11-18/h7-8,11,14-15,19-20H,6,9-10,12-13H2,1-5H3,(H,24,27). The Bertz CT molecular complexity index is 743. The molecule has 3 atom stereocenters. The molecule has 0 bridgehead atoms. The van der Waals surface area contributed by atoms with E-state index in [0.29, 0.717) is 23.3 Å². The average Bonchev–Trinajstić information content (AvgIpc) is 2.66. The van der Waals surface area contributed by atoms with Gasteiger partial charge in [0, 0.05) is 5.56 Å². The number of ether oxygens (including phenoxy) is 2. The number of aryl methyl sites for hydroxylation is 2. The number of hydrogen-bond acceptors (Lipinski definition) is 5. The molecule has 1 amide bonds. The van der Waals surface area contributed by atoms with Gasteiger partial charge in [0.1, 0.15) is 12.6 Å². The second kappa shape index (κ2) is 10.4. The molecule has 3 unspecified atom stereocenters. The molecule has 0 aromatic heterocycles. The molecule has 1 aromatic rings. The van der Waals surface area contributed by atoms with E-state index in [1.807, 2.05) is 19.9 Å². The summed E-state index contributed by atoms with van der Waals surface area (Å²) in [5, 5.41) is 2.51. The third-order valence-corrected chi connectivity index (χ3v) is 5.76. The smallest absolute Gasteiger partial charge is 0.344 e. The first-order valence-corrected chi connectivity index (χ1v) is 10.4. The van der Waals surface area contributed by atoms with Crippen molar-refractivity contribution in [2.75, 3.05) is 13.2 Å². The number of nitrogens with one attached hydrogen (secondary N) is 1. The normalized spacial score (nSPS) is 21.5. The molecule has 29 heavy (non-hydrogen) atoms. The molecule has 0 spiro atoms. The average molecular weight is 404 g/mol. The second-order valence-electron chi connectivity index (χ2n) is 8.50. The van der Waals surface area contributed by atoms with E-state index < -0.39 is 18.5 Å². The van der Waals surface area contributed by atoms with Crippen molar-refractivity contribution in [2.45, 2.75) is 60.0 Å². The summed E-state index contributed by atoms with van der Waals surface area (Å²) in [6, 6.07) is 5.33. The molecule has 1 saturated carbocycles. The molecule has 0 aliphatic heterocycles. The van der Waals surface area contributed by atoms with Crippen LogP contribution in [0.4, 0.5) is 0 Å². The van der Waals surface area contributed by atoms with Crippen LogP contribution in [0.5, 0.6) is 0 Å². The lowest BCUT2D eigenvalue weighted by Crippen LogP contribution is -2.37. The first-order chi connectivity index (χ1) is 13.7. The van der Waals surface area contributed by atoms with Gasteiger partial charge in [0.05, 0.1) is 0 Å². The van der Waals surface area contributed by atoms with Gasteiger partial charge in [-0.15, -0.1) is 0 Å². The number of rotatable bonds is 7. The molecule has 1 fully saturated rings. The minimum atomic E-state index is -0.670. The summed E-state index contributed by atoms with van der Waals surface area (Å²) in [6.07, 6.45) is 2.90. The summed E-state index contributed by atoms with van der Waals surface area (Å²) >= 11 is 0. The van der Waals surface area contributed by atoms with Crippen molar-refractivity contribution in [3.05, 3.63) is 34.9 Å². The van der Waals surface area contributed by atoms with Gasteiger partial charge in [0.25, 0.3) is 5.91 Å². The van der Waals surface area contributed by atoms with E-state index in [2.05, 4.69) is 26.1 Å². The summed E-state index contributed by atoms with van der Waals surface area (Å²) in [4.78, 5) is 36.1. The van der Waals surface area contributed by atoms with Gasteiger partial charge in [0.2, 0.25) is 0 Å². The van der Waals surface area contributed by atoms with E-state index in [9.17, 15) is 14.4 Å². The molecule has 6 heteroatoms. The molecule has 2 rings (SSSR count). The Labute approximate surface area is 173 Å². The Morgan fingerprint density at radius 3 is 2.48 bits per heavy atom. The Morgan fingerprint density at radius 2 is 1.83 bits per heavy atom. The maximum absolute atomic E-state index is 12.1. The van der Waals surface area contributed by atoms with Crippen molar-refractivity contribution in [3.63, 3.8) is 0 Å². The number of esters is 2. The molecule has 0 heterocycles. The van der Waals surface area contributed by atoms with Gasteiger partial charge >= 0.3 is 11.9 Å². The van der Waals surface area contributed by atoms with Crippen LogP contribution in [0.25, 0.3) is 0 Å². The highest BCUT2D eigenvalue weighted by Crippen LogP contribution is 2.35. The van der Waals surface area contributed by atoms with Crippen LogP contribution in [0.15, 0.2) is 18.2 Å². The molecule has 1 aromatic carbocycles. The van der Waals surface area contributed by atoms with Gasteiger partial charge in [-0.05, 0) is 67.7 Å². The van der Waals surface area contributed by atoms with Crippen LogP contribution >= 0.6 is 0 Å². The number of hydrogen-bond donors (Lipinski definition) is 1. The van der Waals surface area contributed by atoms with Gasteiger partial charge in [0.15, 0.2) is 6.61 Å². The summed E-state index contributed by atoms with van der Waals surface area (Å²) in [6.45, 7) is 9.59. The van der Waals surface area contributed by atoms with Gasteiger partial charge in [-0.25, -0.2) is 4.79 Å². The molecule has 160 valence electrons. The van der Waals surface area contributed by atoms with E-state index >= 15 is 0 Å². The molecule has 0 radical (unpaired) electrons. The third kappa shape index (κ3) is 6.87. The largest absolute Gasteiger partial charge is 0.460 e. The quantitative estimate of drug-likeness (QED) is 0.704. The van der Waals surface area contributed by atoms with Crippen LogP contribution in [0.2, 0.25) is 0 Å². The SMILES string of the molecule is Cc1ccc(C(=O)NCC(=O)OCC(=O)OC2CC(C)CCC2C(C)C)cc1C. The Kier molecular flexibility index (Phi) is 8.23. The number of benzene rings is 1. The highest BCUT2D eigenvalue weighted by molar-refractivity contribution is 5.96. The van der Waals surface area contributed by atoms with Gasteiger partial charge in [-0.1, -0.05) is 33.3 Å². The monoisotopic (exact) mass is 403 g/mol. The summed E-state index contributed by atoms with van der Waals surface area (Å²) < 4.78 is 10.6. The maximum Gasteiger partial charge on any atom is 0.344 e. The van der Waals surface area contributed by atoms with E-state index in [1.54, 1.807) is 12.1 Å². The minimum absolute atomic E-state index is 0.130. The van der Waals surface area contributed by atoms with Crippen LogP contribution in [0, 0.1) is 31.6 Å². The Morgan fingerprint density at radius 1 is 1.10 bits per heavy atom. The van der Waals surface area contributed by atoms with Gasteiger partial charge in [-0.3, -0.25) is 9.59 Å². The molecule has 1 aliphatic rings. The minimum Gasteiger partial charge on any atom is -0.460 e. The fourth-order valence-electron chi connectivity index (χ4n) is 3.78. The predicted octanol–water partition coefficient (Wildman–Crippen LogP) is 3.58. The number of carbonyl (C=O) groups is 3. The van der Waals surface area contributed by atoms with E-state index in [4.69, 9.17) is 9.47 Å². The van der Waals surface area contributed by atoms with Crippen LogP contribution in [-0.2, 0) is 19.1 Å². The summed E-state index contributed by atoms with van der Waals surface area (Å²) in [5.74, 6) is -0.277. The topological polar surface area (TPSA) is 81.7 Å². The van der Waals surface area contributed by atoms with E-state index in [0.717, 1.165) is 30.4 Å². The van der Waals surface area contributed by atoms with Crippen LogP contribution in [0.1, 0.15) is 61.5 Å². The molecule has 6 nitrogen and oxygen atoms in total.